The van der Waals surface area contributed by atoms with Crippen molar-refractivity contribution in [2.24, 2.45) is 0 Å². The zero-order valence-corrected chi connectivity index (χ0v) is 15.1. The van der Waals surface area contributed by atoms with Crippen molar-refractivity contribution in [2.45, 2.75) is 25.9 Å². The number of hydrogen-bond donors (Lipinski definition) is 2. The Balaban J connectivity index is 1.68. The summed E-state index contributed by atoms with van der Waals surface area (Å²) in [5.74, 6) is 0.161. The van der Waals surface area contributed by atoms with Gasteiger partial charge in [-0.25, -0.2) is 0 Å². The molecule has 2 amide bonds. The Morgan fingerprint density at radius 3 is 2.65 bits per heavy atom. The summed E-state index contributed by atoms with van der Waals surface area (Å²) in [6.45, 7) is 2.04. The van der Waals surface area contributed by atoms with Gasteiger partial charge in [-0.05, 0) is 23.9 Å². The molecule has 2 N–H and O–H groups in total. The lowest BCUT2D eigenvalue weighted by atomic mass is 10.1. The molecule has 3 aromatic rings. The van der Waals surface area contributed by atoms with Gasteiger partial charge in [0.1, 0.15) is 17.5 Å². The van der Waals surface area contributed by atoms with Crippen LogP contribution in [-0.2, 0) is 17.8 Å². The number of benzene rings is 1. The van der Waals surface area contributed by atoms with Gasteiger partial charge in [-0.15, -0.1) is 11.3 Å². The third kappa shape index (κ3) is 4.80. The SMILES string of the molecule is Cc1cc(CNC(=O)C(Cc2ccccc2)NC(=O)c2cccs2)no1. The van der Waals surface area contributed by atoms with Gasteiger partial charge in [0, 0.05) is 12.5 Å². The number of rotatable bonds is 7. The molecule has 0 aliphatic heterocycles. The fraction of sp³-hybridized carbons (Fsp3) is 0.211. The van der Waals surface area contributed by atoms with Crippen molar-refractivity contribution in [3.8, 4) is 0 Å². The molecule has 2 aromatic heterocycles. The van der Waals surface area contributed by atoms with Crippen LogP contribution in [0.15, 0.2) is 58.4 Å². The second-order valence-corrected chi connectivity index (χ2v) is 6.79. The van der Waals surface area contributed by atoms with Crippen LogP contribution < -0.4 is 10.6 Å². The van der Waals surface area contributed by atoms with Crippen molar-refractivity contribution in [2.75, 3.05) is 0 Å². The molecular weight excluding hydrogens is 350 g/mol. The van der Waals surface area contributed by atoms with E-state index in [0.29, 0.717) is 22.8 Å². The Morgan fingerprint density at radius 2 is 2.00 bits per heavy atom. The number of carbonyl (C=O) groups excluding carboxylic acids is 2. The summed E-state index contributed by atoms with van der Waals surface area (Å²) < 4.78 is 5.00. The molecule has 0 radical (unpaired) electrons. The summed E-state index contributed by atoms with van der Waals surface area (Å²) in [6, 6.07) is 14.2. The lowest BCUT2D eigenvalue weighted by Crippen LogP contribution is -2.47. The molecule has 3 rings (SSSR count). The highest BCUT2D eigenvalue weighted by molar-refractivity contribution is 7.12. The molecule has 26 heavy (non-hydrogen) atoms. The van der Waals surface area contributed by atoms with Crippen LogP contribution in [-0.4, -0.2) is 23.0 Å². The minimum Gasteiger partial charge on any atom is -0.361 e. The Hall–Kier alpha value is -2.93. The van der Waals surface area contributed by atoms with E-state index < -0.39 is 6.04 Å². The minimum absolute atomic E-state index is 0.246. The number of carbonyl (C=O) groups is 2. The standard InChI is InChI=1S/C19H19N3O3S/c1-13-10-15(22-25-13)12-20-18(23)16(11-14-6-3-2-4-7-14)21-19(24)17-8-5-9-26-17/h2-10,16H,11-12H2,1H3,(H,20,23)(H,21,24). The molecule has 2 heterocycles. The van der Waals surface area contributed by atoms with E-state index in [4.69, 9.17) is 4.52 Å². The normalized spacial score (nSPS) is 11.7. The zero-order chi connectivity index (χ0) is 18.4. The fourth-order valence-corrected chi connectivity index (χ4v) is 3.13. The summed E-state index contributed by atoms with van der Waals surface area (Å²) in [5.41, 5.74) is 1.61. The Morgan fingerprint density at radius 1 is 1.19 bits per heavy atom. The third-order valence-corrected chi connectivity index (χ3v) is 4.64. The predicted octanol–water partition coefficient (Wildman–Crippen LogP) is 2.70. The van der Waals surface area contributed by atoms with Gasteiger partial charge >= 0.3 is 0 Å². The van der Waals surface area contributed by atoms with E-state index in [1.165, 1.54) is 11.3 Å². The number of amides is 2. The van der Waals surface area contributed by atoms with Crippen molar-refractivity contribution in [3.05, 3.63) is 75.8 Å². The summed E-state index contributed by atoms with van der Waals surface area (Å²) in [4.78, 5) is 25.6. The first-order valence-electron chi connectivity index (χ1n) is 8.20. The molecular formula is C19H19N3O3S. The van der Waals surface area contributed by atoms with Crippen LogP contribution in [0.2, 0.25) is 0 Å². The van der Waals surface area contributed by atoms with Crippen LogP contribution in [0.25, 0.3) is 0 Å². The Kier molecular flexibility index (Phi) is 5.80. The third-order valence-electron chi connectivity index (χ3n) is 3.77. The first-order chi connectivity index (χ1) is 12.6. The predicted molar refractivity (Wildman–Crippen MR) is 98.8 cm³/mol. The zero-order valence-electron chi connectivity index (χ0n) is 14.3. The maximum atomic E-state index is 12.7. The lowest BCUT2D eigenvalue weighted by molar-refractivity contribution is -0.123. The fourth-order valence-electron chi connectivity index (χ4n) is 2.50. The van der Waals surface area contributed by atoms with E-state index in [1.807, 2.05) is 35.7 Å². The highest BCUT2D eigenvalue weighted by Gasteiger charge is 2.22. The number of hydrogen-bond acceptors (Lipinski definition) is 5. The van der Waals surface area contributed by atoms with Crippen LogP contribution in [0.3, 0.4) is 0 Å². The molecule has 0 spiro atoms. The maximum Gasteiger partial charge on any atom is 0.262 e. The van der Waals surface area contributed by atoms with Crippen LogP contribution in [0.4, 0.5) is 0 Å². The van der Waals surface area contributed by atoms with Gasteiger partial charge in [-0.1, -0.05) is 41.6 Å². The molecule has 134 valence electrons. The van der Waals surface area contributed by atoms with Crippen LogP contribution in [0, 0.1) is 6.92 Å². The summed E-state index contributed by atoms with van der Waals surface area (Å²) >= 11 is 1.34. The van der Waals surface area contributed by atoms with Crippen molar-refractivity contribution in [3.63, 3.8) is 0 Å². The van der Waals surface area contributed by atoms with Gasteiger partial charge < -0.3 is 15.2 Å². The van der Waals surface area contributed by atoms with E-state index in [9.17, 15) is 9.59 Å². The van der Waals surface area contributed by atoms with E-state index in [1.54, 1.807) is 25.1 Å². The number of nitrogens with one attached hydrogen (secondary N) is 2. The average Bonchev–Trinajstić information content (AvgIpc) is 3.32. The molecule has 7 heteroatoms. The molecule has 0 saturated heterocycles. The van der Waals surface area contributed by atoms with Gasteiger partial charge in [0.05, 0.1) is 11.4 Å². The maximum absolute atomic E-state index is 12.7. The van der Waals surface area contributed by atoms with E-state index in [0.717, 1.165) is 5.56 Å². The molecule has 0 aliphatic rings. The topological polar surface area (TPSA) is 84.2 Å². The van der Waals surface area contributed by atoms with Crippen molar-refractivity contribution < 1.29 is 14.1 Å². The van der Waals surface area contributed by atoms with E-state index >= 15 is 0 Å². The molecule has 0 saturated carbocycles. The number of thiophene rings is 1. The quantitative estimate of drug-likeness (QED) is 0.671. The highest BCUT2D eigenvalue weighted by atomic mass is 32.1. The smallest absolute Gasteiger partial charge is 0.262 e. The number of aryl methyl sites for hydroxylation is 1. The van der Waals surface area contributed by atoms with Gasteiger partial charge in [-0.3, -0.25) is 9.59 Å². The summed E-state index contributed by atoms with van der Waals surface area (Å²) in [6.07, 6.45) is 0.404. The summed E-state index contributed by atoms with van der Waals surface area (Å²) in [7, 11) is 0. The average molecular weight is 369 g/mol. The van der Waals surface area contributed by atoms with E-state index in [-0.39, 0.29) is 18.4 Å². The lowest BCUT2D eigenvalue weighted by Gasteiger charge is -2.18. The monoisotopic (exact) mass is 369 g/mol. The number of aromatic nitrogens is 1. The first kappa shape index (κ1) is 17.9. The number of nitrogens with zero attached hydrogens (tertiary/aromatic N) is 1. The van der Waals surface area contributed by atoms with E-state index in [2.05, 4.69) is 15.8 Å². The Labute approximate surface area is 155 Å². The molecule has 0 bridgehead atoms. The second-order valence-electron chi connectivity index (χ2n) is 5.84. The van der Waals surface area contributed by atoms with Crippen molar-refractivity contribution in [1.29, 1.82) is 0 Å². The van der Waals surface area contributed by atoms with Crippen molar-refractivity contribution >= 4 is 23.2 Å². The highest BCUT2D eigenvalue weighted by Crippen LogP contribution is 2.10. The van der Waals surface area contributed by atoms with Gasteiger partial charge in [-0.2, -0.15) is 0 Å². The Bertz CT molecular complexity index is 859. The van der Waals surface area contributed by atoms with Gasteiger partial charge in [0.25, 0.3) is 5.91 Å². The van der Waals surface area contributed by atoms with Crippen LogP contribution >= 0.6 is 11.3 Å². The molecule has 1 aromatic carbocycles. The molecule has 1 unspecified atom stereocenters. The minimum atomic E-state index is -0.681. The van der Waals surface area contributed by atoms with Crippen molar-refractivity contribution in [1.82, 2.24) is 15.8 Å². The second kappa shape index (κ2) is 8.44. The largest absolute Gasteiger partial charge is 0.361 e. The molecule has 0 fully saturated rings. The van der Waals surface area contributed by atoms with Crippen LogP contribution in [0.1, 0.15) is 26.7 Å². The summed E-state index contributed by atoms with van der Waals surface area (Å²) in [5, 5.41) is 11.3. The molecule has 1 atom stereocenters. The molecule has 6 nitrogen and oxygen atoms in total. The first-order valence-corrected chi connectivity index (χ1v) is 9.08. The van der Waals surface area contributed by atoms with Gasteiger partial charge in [0.2, 0.25) is 5.91 Å². The van der Waals surface area contributed by atoms with Gasteiger partial charge in [0.15, 0.2) is 0 Å². The molecule has 0 aliphatic carbocycles. The van der Waals surface area contributed by atoms with Crippen LogP contribution in [0.5, 0.6) is 0 Å².